The number of rotatable bonds is 3. The average molecular weight is 339 g/mol. The highest BCUT2D eigenvalue weighted by Crippen LogP contribution is 2.32. The van der Waals surface area contributed by atoms with Crippen LogP contribution >= 0.6 is 11.3 Å². The summed E-state index contributed by atoms with van der Waals surface area (Å²) in [5.74, 6) is -0.622. The Labute approximate surface area is 132 Å². The summed E-state index contributed by atoms with van der Waals surface area (Å²) in [6.45, 7) is 0. The minimum absolute atomic E-state index is 0.279. The van der Waals surface area contributed by atoms with E-state index in [1.165, 1.54) is 35.7 Å². The molecule has 0 amide bonds. The summed E-state index contributed by atoms with van der Waals surface area (Å²) in [4.78, 5) is 7.70. The molecule has 0 aliphatic heterocycles. The molecule has 0 atom stereocenters. The first kappa shape index (κ1) is 15.4. The predicted octanol–water partition coefficient (Wildman–Crippen LogP) is 5.11. The number of halogens is 4. The van der Waals surface area contributed by atoms with Crippen LogP contribution in [0.5, 0.6) is 0 Å². The monoisotopic (exact) mass is 339 g/mol. The fourth-order valence-corrected chi connectivity index (χ4v) is 2.66. The van der Waals surface area contributed by atoms with Crippen LogP contribution in [0.1, 0.15) is 5.56 Å². The Morgan fingerprint density at radius 3 is 2.65 bits per heavy atom. The lowest BCUT2D eigenvalue weighted by atomic mass is 10.2. The van der Waals surface area contributed by atoms with Gasteiger partial charge in [0.05, 0.1) is 11.3 Å². The molecular weight excluding hydrogens is 330 g/mol. The molecule has 0 spiro atoms. The zero-order valence-electron chi connectivity index (χ0n) is 11.4. The summed E-state index contributed by atoms with van der Waals surface area (Å²) >= 11 is 1.21. The summed E-state index contributed by atoms with van der Waals surface area (Å²) in [6.07, 6.45) is -3.08. The summed E-state index contributed by atoms with van der Waals surface area (Å²) < 4.78 is 51.2. The minimum Gasteiger partial charge on any atom is -0.332 e. The number of nitrogens with one attached hydrogen (secondary N) is 1. The van der Waals surface area contributed by atoms with Crippen molar-refractivity contribution >= 4 is 22.2 Å². The van der Waals surface area contributed by atoms with E-state index in [4.69, 9.17) is 0 Å². The van der Waals surface area contributed by atoms with Gasteiger partial charge in [0.1, 0.15) is 0 Å². The van der Waals surface area contributed by atoms with Gasteiger partial charge in [0.2, 0.25) is 5.95 Å². The van der Waals surface area contributed by atoms with Crippen molar-refractivity contribution < 1.29 is 17.6 Å². The summed E-state index contributed by atoms with van der Waals surface area (Å²) in [5.41, 5.74) is 0.605. The molecule has 0 aliphatic rings. The van der Waals surface area contributed by atoms with Crippen LogP contribution in [0.2, 0.25) is 0 Å². The van der Waals surface area contributed by atoms with E-state index in [1.54, 1.807) is 11.4 Å². The first-order chi connectivity index (χ1) is 10.9. The topological polar surface area (TPSA) is 37.8 Å². The van der Waals surface area contributed by atoms with Crippen molar-refractivity contribution in [3.63, 3.8) is 0 Å². The first-order valence-electron chi connectivity index (χ1n) is 6.43. The van der Waals surface area contributed by atoms with Gasteiger partial charge in [0.25, 0.3) is 0 Å². The highest BCUT2D eigenvalue weighted by molar-refractivity contribution is 7.14. The third kappa shape index (κ3) is 3.65. The minimum atomic E-state index is -4.40. The molecule has 3 nitrogen and oxygen atoms in total. The molecule has 118 valence electrons. The lowest BCUT2D eigenvalue weighted by Gasteiger charge is -2.08. The van der Waals surface area contributed by atoms with Crippen LogP contribution in [0.3, 0.4) is 0 Å². The van der Waals surface area contributed by atoms with Gasteiger partial charge in [-0.15, -0.1) is 11.3 Å². The molecule has 2 aromatic heterocycles. The quantitative estimate of drug-likeness (QED) is 0.532. The normalized spacial score (nSPS) is 11.5. The van der Waals surface area contributed by atoms with E-state index in [9.17, 15) is 17.6 Å². The molecule has 8 heteroatoms. The van der Waals surface area contributed by atoms with Crippen LogP contribution < -0.4 is 5.32 Å². The fourth-order valence-electron chi connectivity index (χ4n) is 1.92. The molecule has 3 rings (SSSR count). The van der Waals surface area contributed by atoms with Crippen molar-refractivity contribution in [2.24, 2.45) is 0 Å². The second-order valence-corrected chi connectivity index (χ2v) is 5.47. The van der Waals surface area contributed by atoms with E-state index in [0.29, 0.717) is 16.4 Å². The van der Waals surface area contributed by atoms with Crippen molar-refractivity contribution in [2.75, 3.05) is 5.32 Å². The van der Waals surface area contributed by atoms with Crippen LogP contribution in [0.15, 0.2) is 48.0 Å². The average Bonchev–Trinajstić information content (AvgIpc) is 2.95. The van der Waals surface area contributed by atoms with Gasteiger partial charge in [-0.2, -0.15) is 17.6 Å². The van der Waals surface area contributed by atoms with Crippen molar-refractivity contribution in [1.29, 1.82) is 0 Å². The van der Waals surface area contributed by atoms with E-state index >= 15 is 0 Å². The molecular formula is C15H9F4N3S. The molecule has 1 aromatic carbocycles. The fraction of sp³-hybridized carbons (Fsp3) is 0.0667. The van der Waals surface area contributed by atoms with Crippen LogP contribution in [0.4, 0.5) is 28.4 Å². The van der Waals surface area contributed by atoms with Gasteiger partial charge in [0, 0.05) is 28.9 Å². The van der Waals surface area contributed by atoms with Crippen molar-refractivity contribution in [1.82, 2.24) is 9.97 Å². The molecule has 3 aromatic rings. The second-order valence-electron chi connectivity index (χ2n) is 4.61. The molecule has 1 N–H and O–H groups in total. The highest BCUT2D eigenvalue weighted by Gasteiger charge is 2.30. The molecule has 23 heavy (non-hydrogen) atoms. The predicted molar refractivity (Wildman–Crippen MR) is 80.0 cm³/mol. The van der Waals surface area contributed by atoms with E-state index in [0.717, 1.165) is 12.1 Å². The molecule has 2 heterocycles. The van der Waals surface area contributed by atoms with Crippen LogP contribution in [0, 0.1) is 5.95 Å². The van der Waals surface area contributed by atoms with Gasteiger partial charge in [0.15, 0.2) is 5.13 Å². The Bertz CT molecular complexity index is 829. The van der Waals surface area contributed by atoms with Gasteiger partial charge in [-0.05, 0) is 24.3 Å². The van der Waals surface area contributed by atoms with Gasteiger partial charge in [-0.1, -0.05) is 6.07 Å². The first-order valence-corrected chi connectivity index (χ1v) is 7.31. The standard InChI is InChI=1S/C15H9F4N3S/c16-13-6-9(4-5-20-13)12-8-23-14(22-12)21-11-3-1-2-10(7-11)15(17,18)19/h1-8H,(H,21,22). The summed E-state index contributed by atoms with van der Waals surface area (Å²) in [7, 11) is 0. The van der Waals surface area contributed by atoms with Crippen LogP contribution in [-0.2, 0) is 6.18 Å². The van der Waals surface area contributed by atoms with E-state index in [-0.39, 0.29) is 5.69 Å². The number of aromatic nitrogens is 2. The number of nitrogens with zero attached hydrogens (tertiary/aromatic N) is 2. The Balaban J connectivity index is 1.82. The maximum absolute atomic E-state index is 13.1. The van der Waals surface area contributed by atoms with Gasteiger partial charge in [-0.25, -0.2) is 9.97 Å². The Hall–Kier alpha value is -2.48. The van der Waals surface area contributed by atoms with Crippen molar-refractivity contribution in [3.05, 3.63) is 59.5 Å². The molecule has 0 saturated heterocycles. The number of thiazole rings is 1. The molecule has 0 fully saturated rings. The number of anilines is 2. The Morgan fingerprint density at radius 1 is 1.09 bits per heavy atom. The van der Waals surface area contributed by atoms with Crippen molar-refractivity contribution in [2.45, 2.75) is 6.18 Å². The zero-order chi connectivity index (χ0) is 16.4. The maximum atomic E-state index is 13.1. The lowest BCUT2D eigenvalue weighted by Crippen LogP contribution is -2.05. The number of pyridine rings is 1. The number of hydrogen-bond donors (Lipinski definition) is 1. The van der Waals surface area contributed by atoms with E-state index in [2.05, 4.69) is 15.3 Å². The van der Waals surface area contributed by atoms with Gasteiger partial charge < -0.3 is 5.32 Å². The van der Waals surface area contributed by atoms with Crippen molar-refractivity contribution in [3.8, 4) is 11.3 Å². The Morgan fingerprint density at radius 2 is 1.91 bits per heavy atom. The van der Waals surface area contributed by atoms with E-state index < -0.39 is 17.7 Å². The highest BCUT2D eigenvalue weighted by atomic mass is 32.1. The van der Waals surface area contributed by atoms with Crippen LogP contribution in [-0.4, -0.2) is 9.97 Å². The Kier molecular flexibility index (Phi) is 3.99. The second kappa shape index (κ2) is 5.96. The van der Waals surface area contributed by atoms with E-state index in [1.807, 2.05) is 0 Å². The number of benzene rings is 1. The third-order valence-corrected chi connectivity index (χ3v) is 3.73. The molecule has 0 aliphatic carbocycles. The lowest BCUT2D eigenvalue weighted by molar-refractivity contribution is -0.137. The zero-order valence-corrected chi connectivity index (χ0v) is 12.2. The van der Waals surface area contributed by atoms with Crippen LogP contribution in [0.25, 0.3) is 11.3 Å². The maximum Gasteiger partial charge on any atom is 0.416 e. The number of hydrogen-bond acceptors (Lipinski definition) is 4. The molecule has 0 bridgehead atoms. The van der Waals surface area contributed by atoms with Gasteiger partial charge in [-0.3, -0.25) is 0 Å². The largest absolute Gasteiger partial charge is 0.416 e. The molecule has 0 saturated carbocycles. The smallest absolute Gasteiger partial charge is 0.332 e. The SMILES string of the molecule is Fc1cc(-c2csc(Nc3cccc(C(F)(F)F)c3)n2)ccn1. The number of alkyl halides is 3. The molecule has 0 unspecified atom stereocenters. The summed E-state index contributed by atoms with van der Waals surface area (Å²) in [6, 6.07) is 7.68. The third-order valence-electron chi connectivity index (χ3n) is 2.97. The summed E-state index contributed by atoms with van der Waals surface area (Å²) in [5, 5.41) is 4.92. The van der Waals surface area contributed by atoms with Gasteiger partial charge >= 0.3 is 6.18 Å². The molecule has 0 radical (unpaired) electrons.